The topological polar surface area (TPSA) is 46.9 Å². The number of fused-ring (bicyclic) bond motifs is 2. The molecule has 4 aromatic rings. The second-order valence-electron chi connectivity index (χ2n) is 5.11. The van der Waals surface area contributed by atoms with Gasteiger partial charge in [0.15, 0.2) is 5.13 Å². The molecule has 0 aliphatic rings. The molecule has 4 rings (SSSR count). The minimum absolute atomic E-state index is 0.129. The number of para-hydroxylation sites is 2. The largest absolute Gasteiger partial charge is 0.350 e. The first-order valence-corrected chi connectivity index (χ1v) is 7.75. The van der Waals surface area contributed by atoms with Crippen LogP contribution in [0.15, 0.2) is 54.7 Å². The molecule has 0 atom stereocenters. The van der Waals surface area contributed by atoms with Crippen molar-refractivity contribution in [2.75, 3.05) is 5.32 Å². The molecule has 2 aromatic carbocycles. The molecule has 0 fully saturated rings. The van der Waals surface area contributed by atoms with Gasteiger partial charge in [0.1, 0.15) is 0 Å². The van der Waals surface area contributed by atoms with Crippen molar-refractivity contribution in [2.24, 2.45) is 7.05 Å². The fraction of sp³-hybridized carbons (Fsp3) is 0.0588. The Morgan fingerprint density at radius 3 is 2.77 bits per heavy atom. The van der Waals surface area contributed by atoms with E-state index < -0.39 is 0 Å². The van der Waals surface area contributed by atoms with E-state index >= 15 is 0 Å². The fourth-order valence-corrected chi connectivity index (χ4v) is 3.47. The molecule has 0 aliphatic heterocycles. The van der Waals surface area contributed by atoms with Gasteiger partial charge in [-0.05, 0) is 18.2 Å². The smallest absolute Gasteiger partial charge is 0.259 e. The lowest BCUT2D eigenvalue weighted by atomic mass is 10.1. The minimum Gasteiger partial charge on any atom is -0.350 e. The van der Waals surface area contributed by atoms with Crippen LogP contribution in [0.5, 0.6) is 0 Å². The summed E-state index contributed by atoms with van der Waals surface area (Å²) < 4.78 is 3.03. The van der Waals surface area contributed by atoms with Crippen LogP contribution in [0.3, 0.4) is 0 Å². The van der Waals surface area contributed by atoms with Crippen LogP contribution in [-0.4, -0.2) is 15.5 Å². The van der Waals surface area contributed by atoms with E-state index in [1.54, 1.807) is 0 Å². The number of nitrogens with zero attached hydrogens (tertiary/aromatic N) is 2. The molecule has 5 heteroatoms. The molecule has 2 heterocycles. The van der Waals surface area contributed by atoms with Gasteiger partial charge in [0.2, 0.25) is 0 Å². The quantitative estimate of drug-likeness (QED) is 0.607. The zero-order valence-electron chi connectivity index (χ0n) is 11.9. The lowest BCUT2D eigenvalue weighted by Gasteiger charge is -1.99. The highest BCUT2D eigenvalue weighted by Crippen LogP contribution is 2.27. The van der Waals surface area contributed by atoms with Crippen LogP contribution in [0.4, 0.5) is 5.13 Å². The average molecular weight is 307 g/mol. The zero-order valence-corrected chi connectivity index (χ0v) is 12.7. The van der Waals surface area contributed by atoms with Gasteiger partial charge in [-0.15, -0.1) is 0 Å². The summed E-state index contributed by atoms with van der Waals surface area (Å²) in [5, 5.41) is 4.48. The molecule has 22 heavy (non-hydrogen) atoms. The van der Waals surface area contributed by atoms with Crippen LogP contribution >= 0.6 is 11.3 Å². The maximum atomic E-state index is 12.6. The molecule has 2 aromatic heterocycles. The fourth-order valence-electron chi connectivity index (χ4n) is 2.61. The van der Waals surface area contributed by atoms with Crippen molar-refractivity contribution in [3.05, 3.63) is 60.3 Å². The van der Waals surface area contributed by atoms with E-state index in [4.69, 9.17) is 0 Å². The summed E-state index contributed by atoms with van der Waals surface area (Å²) in [6, 6.07) is 15.7. The van der Waals surface area contributed by atoms with Crippen LogP contribution in [-0.2, 0) is 7.05 Å². The van der Waals surface area contributed by atoms with Crippen LogP contribution in [0.25, 0.3) is 21.1 Å². The second-order valence-corrected chi connectivity index (χ2v) is 6.14. The molecular weight excluding hydrogens is 294 g/mol. The molecule has 0 radical (unpaired) electrons. The van der Waals surface area contributed by atoms with Crippen LogP contribution in [0.1, 0.15) is 10.4 Å². The van der Waals surface area contributed by atoms with Gasteiger partial charge >= 0.3 is 0 Å². The molecule has 0 spiro atoms. The minimum atomic E-state index is -0.129. The van der Waals surface area contributed by atoms with Gasteiger partial charge in [0.25, 0.3) is 5.91 Å². The summed E-state index contributed by atoms with van der Waals surface area (Å²) in [5.41, 5.74) is 2.61. The molecule has 0 unspecified atom stereocenters. The van der Waals surface area contributed by atoms with Gasteiger partial charge in [0, 0.05) is 24.1 Å². The van der Waals surface area contributed by atoms with Gasteiger partial charge in [-0.1, -0.05) is 41.7 Å². The molecule has 1 N–H and O–H groups in total. The first-order valence-electron chi connectivity index (χ1n) is 6.93. The maximum Gasteiger partial charge on any atom is 0.259 e. The number of hydrogen-bond donors (Lipinski definition) is 1. The van der Waals surface area contributed by atoms with Gasteiger partial charge in [0.05, 0.1) is 15.8 Å². The molecular formula is C17H13N3OS. The van der Waals surface area contributed by atoms with Gasteiger partial charge in [-0.2, -0.15) is 0 Å². The highest BCUT2D eigenvalue weighted by Gasteiger charge is 2.15. The van der Waals surface area contributed by atoms with Crippen LogP contribution in [0, 0.1) is 0 Å². The molecule has 0 aliphatic carbocycles. The first kappa shape index (κ1) is 13.0. The number of thiazole rings is 1. The van der Waals surface area contributed by atoms with Crippen LogP contribution < -0.4 is 5.32 Å². The summed E-state index contributed by atoms with van der Waals surface area (Å²) in [7, 11) is 1.94. The zero-order chi connectivity index (χ0) is 15.1. The highest BCUT2D eigenvalue weighted by molar-refractivity contribution is 7.22. The lowest BCUT2D eigenvalue weighted by molar-refractivity contribution is 0.102. The predicted molar refractivity (Wildman–Crippen MR) is 90.5 cm³/mol. The Kier molecular flexibility index (Phi) is 2.94. The number of aryl methyl sites for hydroxylation is 1. The molecule has 4 nitrogen and oxygen atoms in total. The number of nitrogens with one attached hydrogen (secondary N) is 1. The van der Waals surface area contributed by atoms with E-state index in [9.17, 15) is 4.79 Å². The Morgan fingerprint density at radius 2 is 1.91 bits per heavy atom. The number of carbonyl (C=O) groups excluding carboxylic acids is 1. The Balaban J connectivity index is 1.71. The van der Waals surface area contributed by atoms with Crippen LogP contribution in [0.2, 0.25) is 0 Å². The number of amides is 1. The number of benzene rings is 2. The Hall–Kier alpha value is -2.66. The van der Waals surface area contributed by atoms with E-state index in [-0.39, 0.29) is 5.91 Å². The van der Waals surface area contributed by atoms with E-state index in [2.05, 4.69) is 10.3 Å². The first-order chi connectivity index (χ1) is 10.7. The number of anilines is 1. The van der Waals surface area contributed by atoms with Crippen molar-refractivity contribution >= 4 is 43.5 Å². The second kappa shape index (κ2) is 4.96. The number of hydrogen-bond acceptors (Lipinski definition) is 3. The summed E-state index contributed by atoms with van der Waals surface area (Å²) in [6.07, 6.45) is 1.85. The normalized spacial score (nSPS) is 11.1. The maximum absolute atomic E-state index is 12.6. The molecule has 0 saturated carbocycles. The number of carbonyl (C=O) groups is 1. The SMILES string of the molecule is Cn1cc(C(=O)Nc2nc3ccccc3s2)c2ccccc21. The molecule has 1 amide bonds. The molecule has 108 valence electrons. The van der Waals surface area contributed by atoms with Gasteiger partial charge in [-0.25, -0.2) is 4.98 Å². The number of rotatable bonds is 2. The number of aromatic nitrogens is 2. The molecule has 0 bridgehead atoms. The van der Waals surface area contributed by atoms with Crippen molar-refractivity contribution in [3.63, 3.8) is 0 Å². The third-order valence-corrected chi connectivity index (χ3v) is 4.61. The summed E-state index contributed by atoms with van der Waals surface area (Å²) in [6.45, 7) is 0. The summed E-state index contributed by atoms with van der Waals surface area (Å²) >= 11 is 1.48. The van der Waals surface area contributed by atoms with E-state index in [0.29, 0.717) is 10.7 Å². The monoisotopic (exact) mass is 307 g/mol. The molecule has 0 saturated heterocycles. The van der Waals surface area contributed by atoms with Crippen molar-refractivity contribution in [1.82, 2.24) is 9.55 Å². The van der Waals surface area contributed by atoms with E-state index in [1.807, 2.05) is 66.3 Å². The standard InChI is InChI=1S/C17H13N3OS/c1-20-10-12(11-6-2-4-8-14(11)20)16(21)19-17-18-13-7-3-5-9-15(13)22-17/h2-10H,1H3,(H,18,19,21). The average Bonchev–Trinajstić information content (AvgIpc) is 3.08. The third-order valence-electron chi connectivity index (χ3n) is 3.66. The van der Waals surface area contributed by atoms with Crippen molar-refractivity contribution in [1.29, 1.82) is 0 Å². The Labute approximate surface area is 131 Å². The summed E-state index contributed by atoms with van der Waals surface area (Å²) in [5.74, 6) is -0.129. The lowest BCUT2D eigenvalue weighted by Crippen LogP contribution is -2.11. The van der Waals surface area contributed by atoms with Gasteiger partial charge < -0.3 is 4.57 Å². The van der Waals surface area contributed by atoms with E-state index in [0.717, 1.165) is 21.1 Å². The van der Waals surface area contributed by atoms with Gasteiger partial charge in [-0.3, -0.25) is 10.1 Å². The van der Waals surface area contributed by atoms with E-state index in [1.165, 1.54) is 11.3 Å². The van der Waals surface area contributed by atoms with Crippen molar-refractivity contribution in [2.45, 2.75) is 0 Å². The third kappa shape index (κ3) is 2.07. The Morgan fingerprint density at radius 1 is 1.14 bits per heavy atom. The predicted octanol–water partition coefficient (Wildman–Crippen LogP) is 4.04. The van der Waals surface area contributed by atoms with Crippen molar-refractivity contribution < 1.29 is 4.79 Å². The summed E-state index contributed by atoms with van der Waals surface area (Å²) in [4.78, 5) is 17.0. The Bertz CT molecular complexity index is 966. The highest BCUT2D eigenvalue weighted by atomic mass is 32.1. The van der Waals surface area contributed by atoms with Crippen molar-refractivity contribution in [3.8, 4) is 0 Å².